The normalized spacial score (nSPS) is 11.9. The average molecular weight is 313 g/mol. The number of amides is 1. The number of hydrogen-bond acceptors (Lipinski definition) is 4. The van der Waals surface area contributed by atoms with Crippen molar-refractivity contribution in [1.82, 2.24) is 4.90 Å². The van der Waals surface area contributed by atoms with Gasteiger partial charge in [0.25, 0.3) is 0 Å². The van der Waals surface area contributed by atoms with Crippen molar-refractivity contribution >= 4 is 22.9 Å². The van der Waals surface area contributed by atoms with E-state index in [4.69, 9.17) is 5.26 Å². The number of para-hydroxylation sites is 1. The van der Waals surface area contributed by atoms with Crippen LogP contribution in [0.2, 0.25) is 0 Å². The van der Waals surface area contributed by atoms with Crippen molar-refractivity contribution in [2.75, 3.05) is 11.9 Å². The predicted octanol–water partition coefficient (Wildman–Crippen LogP) is 3.47. The summed E-state index contributed by atoms with van der Waals surface area (Å²) < 4.78 is 0. The summed E-state index contributed by atoms with van der Waals surface area (Å²) in [7, 11) is 0. The summed E-state index contributed by atoms with van der Waals surface area (Å²) in [5, 5.41) is 14.0. The number of benzene rings is 1. The molecule has 4 nitrogen and oxygen atoms in total. The van der Waals surface area contributed by atoms with E-state index in [0.717, 1.165) is 13.1 Å². The first kappa shape index (κ1) is 16.2. The quantitative estimate of drug-likeness (QED) is 0.888. The fraction of sp³-hybridized carbons (Fsp3) is 0.294. The number of anilines is 1. The molecule has 0 saturated heterocycles. The first-order valence-corrected chi connectivity index (χ1v) is 8.10. The molecular weight excluding hydrogens is 294 g/mol. The number of thiophene rings is 1. The zero-order valence-electron chi connectivity index (χ0n) is 12.7. The molecule has 114 valence electrons. The lowest BCUT2D eigenvalue weighted by Gasteiger charge is -2.26. The first-order chi connectivity index (χ1) is 10.7. The zero-order chi connectivity index (χ0) is 15.9. The molecule has 0 saturated carbocycles. The lowest BCUT2D eigenvalue weighted by atomic mass is 10.1. The molecule has 0 aliphatic rings. The molecule has 1 aromatic heterocycles. The summed E-state index contributed by atoms with van der Waals surface area (Å²) in [6, 6.07) is 13.0. The summed E-state index contributed by atoms with van der Waals surface area (Å²) in [4.78, 5) is 15.8. The molecule has 5 heteroatoms. The number of nitrogens with one attached hydrogen (secondary N) is 1. The van der Waals surface area contributed by atoms with Gasteiger partial charge in [-0.05, 0) is 37.0 Å². The minimum Gasteiger partial charge on any atom is -0.324 e. The molecule has 1 unspecified atom stereocenters. The minimum atomic E-state index is -0.265. The van der Waals surface area contributed by atoms with Crippen molar-refractivity contribution in [3.05, 3.63) is 52.2 Å². The van der Waals surface area contributed by atoms with Crippen molar-refractivity contribution in [2.45, 2.75) is 26.4 Å². The molecule has 1 N–H and O–H groups in total. The predicted molar refractivity (Wildman–Crippen MR) is 89.7 cm³/mol. The van der Waals surface area contributed by atoms with Crippen molar-refractivity contribution < 1.29 is 4.79 Å². The van der Waals surface area contributed by atoms with Crippen molar-refractivity contribution in [2.24, 2.45) is 0 Å². The molecule has 0 spiro atoms. The molecule has 2 rings (SSSR count). The molecule has 0 aliphatic heterocycles. The van der Waals surface area contributed by atoms with Gasteiger partial charge in [0.05, 0.1) is 17.3 Å². The number of hydrogen-bond donors (Lipinski definition) is 1. The minimum absolute atomic E-state index is 0.0962. The molecule has 1 atom stereocenters. The molecule has 0 radical (unpaired) electrons. The molecule has 1 aromatic carbocycles. The molecule has 1 heterocycles. The smallest absolute Gasteiger partial charge is 0.241 e. The molecular formula is C17H19N3OS. The van der Waals surface area contributed by atoms with Crippen LogP contribution in [0.15, 0.2) is 41.8 Å². The van der Waals surface area contributed by atoms with E-state index in [1.165, 1.54) is 4.88 Å². The van der Waals surface area contributed by atoms with Crippen LogP contribution in [-0.2, 0) is 11.3 Å². The second-order valence-electron chi connectivity index (χ2n) is 4.97. The highest BCUT2D eigenvalue weighted by Gasteiger charge is 2.21. The summed E-state index contributed by atoms with van der Waals surface area (Å²) in [6.07, 6.45) is 0. The van der Waals surface area contributed by atoms with Gasteiger partial charge in [-0.25, -0.2) is 0 Å². The van der Waals surface area contributed by atoms with Crippen LogP contribution < -0.4 is 5.32 Å². The largest absolute Gasteiger partial charge is 0.324 e. The van der Waals surface area contributed by atoms with Crippen LogP contribution in [0.1, 0.15) is 24.3 Å². The number of nitriles is 1. The van der Waals surface area contributed by atoms with Gasteiger partial charge in [-0.2, -0.15) is 5.26 Å². The monoisotopic (exact) mass is 313 g/mol. The van der Waals surface area contributed by atoms with Gasteiger partial charge in [-0.3, -0.25) is 9.69 Å². The fourth-order valence-electron chi connectivity index (χ4n) is 2.22. The third kappa shape index (κ3) is 3.94. The Morgan fingerprint density at radius 2 is 2.14 bits per heavy atom. The number of carbonyl (C=O) groups is 1. The Labute approximate surface area is 135 Å². The fourth-order valence-corrected chi connectivity index (χ4v) is 2.95. The van der Waals surface area contributed by atoms with Crippen LogP contribution in [0.4, 0.5) is 5.69 Å². The number of rotatable bonds is 6. The van der Waals surface area contributed by atoms with Crippen LogP contribution in [0, 0.1) is 11.3 Å². The molecule has 0 fully saturated rings. The maximum atomic E-state index is 12.5. The van der Waals surface area contributed by atoms with Gasteiger partial charge in [0.15, 0.2) is 0 Å². The summed E-state index contributed by atoms with van der Waals surface area (Å²) in [6.45, 7) is 5.47. The van der Waals surface area contributed by atoms with Crippen molar-refractivity contribution in [1.29, 1.82) is 5.26 Å². The Morgan fingerprint density at radius 1 is 1.36 bits per heavy atom. The number of likely N-dealkylation sites (N-methyl/N-ethyl adjacent to an activating group) is 1. The Kier molecular flexibility index (Phi) is 5.70. The van der Waals surface area contributed by atoms with E-state index in [1.807, 2.05) is 31.4 Å². The maximum absolute atomic E-state index is 12.5. The van der Waals surface area contributed by atoms with E-state index in [0.29, 0.717) is 11.3 Å². The van der Waals surface area contributed by atoms with Crippen LogP contribution in [0.3, 0.4) is 0 Å². The van der Waals surface area contributed by atoms with E-state index in [1.54, 1.807) is 29.5 Å². The molecule has 22 heavy (non-hydrogen) atoms. The van der Waals surface area contributed by atoms with Gasteiger partial charge < -0.3 is 5.32 Å². The lowest BCUT2D eigenvalue weighted by Crippen LogP contribution is -2.41. The van der Waals surface area contributed by atoms with E-state index in [-0.39, 0.29) is 11.9 Å². The van der Waals surface area contributed by atoms with Gasteiger partial charge in [0.1, 0.15) is 6.07 Å². The van der Waals surface area contributed by atoms with Crippen molar-refractivity contribution in [3.63, 3.8) is 0 Å². The van der Waals surface area contributed by atoms with Gasteiger partial charge in [-0.1, -0.05) is 25.1 Å². The van der Waals surface area contributed by atoms with E-state index in [2.05, 4.69) is 22.4 Å². The third-order valence-electron chi connectivity index (χ3n) is 3.58. The Bertz CT molecular complexity index is 661. The van der Waals surface area contributed by atoms with Crippen LogP contribution >= 0.6 is 11.3 Å². The Balaban J connectivity index is 2.05. The SMILES string of the molecule is CCN(Cc1cccs1)C(C)C(=O)Nc1ccccc1C#N. The summed E-state index contributed by atoms with van der Waals surface area (Å²) >= 11 is 1.69. The second kappa shape index (κ2) is 7.74. The van der Waals surface area contributed by atoms with Crippen LogP contribution in [-0.4, -0.2) is 23.4 Å². The van der Waals surface area contributed by atoms with E-state index < -0.39 is 0 Å². The van der Waals surface area contributed by atoms with Crippen LogP contribution in [0.5, 0.6) is 0 Å². The number of carbonyl (C=O) groups excluding carboxylic acids is 1. The lowest BCUT2D eigenvalue weighted by molar-refractivity contribution is -0.120. The molecule has 0 bridgehead atoms. The highest BCUT2D eigenvalue weighted by molar-refractivity contribution is 7.09. The third-order valence-corrected chi connectivity index (χ3v) is 4.44. The molecule has 2 aromatic rings. The van der Waals surface area contributed by atoms with Gasteiger partial charge >= 0.3 is 0 Å². The standard InChI is InChI=1S/C17H19N3OS/c1-3-20(12-15-8-6-10-22-15)13(2)17(21)19-16-9-5-4-7-14(16)11-18/h4-10,13H,3,12H2,1-2H3,(H,19,21). The number of nitrogens with zero attached hydrogens (tertiary/aromatic N) is 2. The van der Waals surface area contributed by atoms with Crippen molar-refractivity contribution in [3.8, 4) is 6.07 Å². The summed E-state index contributed by atoms with van der Waals surface area (Å²) in [5.74, 6) is -0.0962. The highest BCUT2D eigenvalue weighted by Crippen LogP contribution is 2.17. The van der Waals surface area contributed by atoms with E-state index >= 15 is 0 Å². The Morgan fingerprint density at radius 3 is 2.77 bits per heavy atom. The highest BCUT2D eigenvalue weighted by atomic mass is 32.1. The zero-order valence-corrected chi connectivity index (χ0v) is 13.6. The van der Waals surface area contributed by atoms with Crippen LogP contribution in [0.25, 0.3) is 0 Å². The maximum Gasteiger partial charge on any atom is 0.241 e. The van der Waals surface area contributed by atoms with Gasteiger partial charge in [0.2, 0.25) is 5.91 Å². The first-order valence-electron chi connectivity index (χ1n) is 7.22. The Hall–Kier alpha value is -2.16. The average Bonchev–Trinajstić information content (AvgIpc) is 3.05. The second-order valence-corrected chi connectivity index (χ2v) is 6.00. The topological polar surface area (TPSA) is 56.1 Å². The van der Waals surface area contributed by atoms with E-state index in [9.17, 15) is 4.79 Å². The summed E-state index contributed by atoms with van der Waals surface area (Å²) in [5.41, 5.74) is 1.04. The molecule has 1 amide bonds. The molecule has 0 aliphatic carbocycles. The van der Waals surface area contributed by atoms with Gasteiger partial charge in [-0.15, -0.1) is 11.3 Å². The van der Waals surface area contributed by atoms with Gasteiger partial charge in [0, 0.05) is 11.4 Å².